The van der Waals surface area contributed by atoms with Crippen molar-refractivity contribution in [3.63, 3.8) is 0 Å². The summed E-state index contributed by atoms with van der Waals surface area (Å²) in [7, 11) is 0. The van der Waals surface area contributed by atoms with E-state index >= 15 is 0 Å². The third-order valence-corrected chi connectivity index (χ3v) is 3.35. The molecule has 1 atom stereocenters. The first-order valence-electron chi connectivity index (χ1n) is 5.89. The molecule has 1 aromatic heterocycles. The molecule has 0 amide bonds. The largest absolute Gasteiger partial charge is 0.480 e. The molecule has 0 unspecified atom stereocenters. The summed E-state index contributed by atoms with van der Waals surface area (Å²) in [5, 5.41) is 12.7. The fraction of sp³-hybridized carbons (Fsp3) is 0.727. The number of nitrogens with one attached hydrogen (secondary N) is 1. The number of rotatable bonds is 6. The highest BCUT2D eigenvalue weighted by atomic mass is 32.1. The van der Waals surface area contributed by atoms with Gasteiger partial charge in [-0.25, -0.2) is 9.78 Å². The summed E-state index contributed by atoms with van der Waals surface area (Å²) >= 11 is 1.26. The van der Waals surface area contributed by atoms with Crippen LogP contribution in [0.5, 0.6) is 0 Å². The molecule has 2 rings (SSSR count). The topological polar surface area (TPSA) is 75.1 Å². The van der Waals surface area contributed by atoms with E-state index in [1.54, 1.807) is 0 Å². The first-order valence-corrected chi connectivity index (χ1v) is 6.66. The van der Waals surface area contributed by atoms with Crippen LogP contribution in [0.4, 0.5) is 5.13 Å². The molecule has 2 N–H and O–H groups in total. The molecule has 1 heterocycles. The van der Waals surface area contributed by atoms with Crippen molar-refractivity contribution in [1.29, 1.82) is 0 Å². The molecular weight excluding hydrogens is 238 g/mol. The maximum Gasteiger partial charge on any atom is 0.326 e. The number of nitrogens with zero attached hydrogens (tertiary/aromatic N) is 2. The molecule has 5 nitrogen and oxygen atoms in total. The van der Waals surface area contributed by atoms with E-state index in [0.717, 1.165) is 18.7 Å². The number of hydrogen-bond acceptors (Lipinski definition) is 5. The van der Waals surface area contributed by atoms with Gasteiger partial charge in [-0.3, -0.25) is 0 Å². The molecule has 0 spiro atoms. The van der Waals surface area contributed by atoms with Crippen molar-refractivity contribution >= 4 is 22.6 Å². The number of aliphatic carboxylic acids is 1. The number of anilines is 1. The standard InChI is InChI=1S/C11H17N3O2S/c1-6(2)5-8(10(15)16)12-11-13-9(14-17-11)7-3-4-7/h6-8H,3-5H2,1-2H3,(H,15,16)(H,12,13,14)/t8-/m0/s1. The van der Waals surface area contributed by atoms with Gasteiger partial charge < -0.3 is 10.4 Å². The SMILES string of the molecule is CC(C)C[C@H](Nc1nc(C2CC2)ns1)C(=O)O. The lowest BCUT2D eigenvalue weighted by molar-refractivity contribution is -0.138. The quantitative estimate of drug-likeness (QED) is 0.816. The van der Waals surface area contributed by atoms with E-state index in [9.17, 15) is 4.79 Å². The van der Waals surface area contributed by atoms with E-state index in [4.69, 9.17) is 5.11 Å². The van der Waals surface area contributed by atoms with Gasteiger partial charge in [0.25, 0.3) is 0 Å². The van der Waals surface area contributed by atoms with Crippen LogP contribution in [-0.2, 0) is 4.79 Å². The van der Waals surface area contributed by atoms with Crippen LogP contribution in [0.3, 0.4) is 0 Å². The Morgan fingerprint density at radius 1 is 1.59 bits per heavy atom. The predicted molar refractivity (Wildman–Crippen MR) is 66.4 cm³/mol. The van der Waals surface area contributed by atoms with Gasteiger partial charge in [-0.15, -0.1) is 0 Å². The van der Waals surface area contributed by atoms with E-state index in [1.807, 2.05) is 13.8 Å². The van der Waals surface area contributed by atoms with E-state index in [-0.39, 0.29) is 0 Å². The normalized spacial score (nSPS) is 17.1. The summed E-state index contributed by atoms with van der Waals surface area (Å²) in [5.74, 6) is 0.877. The number of carbonyl (C=O) groups is 1. The number of carboxylic acid groups (broad SMARTS) is 1. The summed E-state index contributed by atoms with van der Waals surface area (Å²) in [6.07, 6.45) is 2.91. The van der Waals surface area contributed by atoms with Crippen LogP contribution in [0.1, 0.15) is 44.9 Å². The van der Waals surface area contributed by atoms with Gasteiger partial charge in [-0.05, 0) is 25.2 Å². The Morgan fingerprint density at radius 3 is 2.82 bits per heavy atom. The van der Waals surface area contributed by atoms with Gasteiger partial charge in [-0.2, -0.15) is 4.37 Å². The molecule has 17 heavy (non-hydrogen) atoms. The van der Waals surface area contributed by atoms with E-state index in [1.165, 1.54) is 11.5 Å². The Balaban J connectivity index is 1.97. The third-order valence-electron chi connectivity index (χ3n) is 2.69. The van der Waals surface area contributed by atoms with Crippen molar-refractivity contribution in [2.24, 2.45) is 5.92 Å². The maximum atomic E-state index is 11.1. The Kier molecular flexibility index (Phi) is 3.61. The van der Waals surface area contributed by atoms with Crippen molar-refractivity contribution in [1.82, 2.24) is 9.36 Å². The average molecular weight is 255 g/mol. The molecule has 1 aromatic rings. The lowest BCUT2D eigenvalue weighted by Crippen LogP contribution is -2.30. The van der Waals surface area contributed by atoms with Crippen molar-refractivity contribution in [2.45, 2.75) is 45.1 Å². The summed E-state index contributed by atoms with van der Waals surface area (Å²) in [6.45, 7) is 4.01. The fourth-order valence-electron chi connectivity index (χ4n) is 1.64. The molecule has 1 fully saturated rings. The molecule has 6 heteroatoms. The van der Waals surface area contributed by atoms with Crippen LogP contribution in [0.25, 0.3) is 0 Å². The molecule has 1 saturated carbocycles. The second-order valence-electron chi connectivity index (χ2n) is 4.90. The molecule has 1 aliphatic carbocycles. The number of aromatic nitrogens is 2. The lowest BCUT2D eigenvalue weighted by Gasteiger charge is -2.15. The molecule has 0 aliphatic heterocycles. The molecule has 1 aliphatic rings. The highest BCUT2D eigenvalue weighted by Gasteiger charge is 2.28. The Hall–Kier alpha value is -1.17. The summed E-state index contributed by atoms with van der Waals surface area (Å²) in [6, 6.07) is -0.574. The van der Waals surface area contributed by atoms with Gasteiger partial charge in [0.05, 0.1) is 0 Å². The highest BCUT2D eigenvalue weighted by Crippen LogP contribution is 2.39. The van der Waals surface area contributed by atoms with Crippen molar-refractivity contribution in [3.05, 3.63) is 5.82 Å². The second kappa shape index (κ2) is 5.00. The van der Waals surface area contributed by atoms with Gasteiger partial charge in [0.1, 0.15) is 11.9 Å². The zero-order chi connectivity index (χ0) is 12.4. The Morgan fingerprint density at radius 2 is 2.29 bits per heavy atom. The second-order valence-corrected chi connectivity index (χ2v) is 5.65. The zero-order valence-corrected chi connectivity index (χ0v) is 10.8. The van der Waals surface area contributed by atoms with Gasteiger partial charge in [0, 0.05) is 17.5 Å². The van der Waals surface area contributed by atoms with E-state index in [0.29, 0.717) is 23.4 Å². The third kappa shape index (κ3) is 3.39. The van der Waals surface area contributed by atoms with Crippen LogP contribution < -0.4 is 5.32 Å². The first-order chi connectivity index (χ1) is 8.06. The first kappa shape index (κ1) is 12.3. The molecule has 0 aromatic carbocycles. The average Bonchev–Trinajstić information content (AvgIpc) is 2.98. The van der Waals surface area contributed by atoms with E-state index in [2.05, 4.69) is 14.7 Å². The number of carboxylic acids is 1. The summed E-state index contributed by atoms with van der Waals surface area (Å²) in [5.41, 5.74) is 0. The Labute approximate surface area is 104 Å². The highest BCUT2D eigenvalue weighted by molar-refractivity contribution is 7.09. The number of hydrogen-bond donors (Lipinski definition) is 2. The monoisotopic (exact) mass is 255 g/mol. The summed E-state index contributed by atoms with van der Waals surface area (Å²) in [4.78, 5) is 15.4. The maximum absolute atomic E-state index is 11.1. The predicted octanol–water partition coefficient (Wildman–Crippen LogP) is 2.33. The molecule has 0 radical (unpaired) electrons. The zero-order valence-electron chi connectivity index (χ0n) is 10.0. The van der Waals surface area contributed by atoms with E-state index < -0.39 is 12.0 Å². The minimum atomic E-state index is -0.832. The van der Waals surface area contributed by atoms with Gasteiger partial charge in [0.2, 0.25) is 5.13 Å². The lowest BCUT2D eigenvalue weighted by atomic mass is 10.0. The smallest absolute Gasteiger partial charge is 0.326 e. The van der Waals surface area contributed by atoms with Crippen LogP contribution >= 0.6 is 11.5 Å². The van der Waals surface area contributed by atoms with Crippen LogP contribution in [0.15, 0.2) is 0 Å². The Bertz CT molecular complexity index is 401. The van der Waals surface area contributed by atoms with Crippen LogP contribution in [0.2, 0.25) is 0 Å². The fourth-order valence-corrected chi connectivity index (χ4v) is 2.34. The minimum absolute atomic E-state index is 0.333. The van der Waals surface area contributed by atoms with Crippen molar-refractivity contribution in [3.8, 4) is 0 Å². The van der Waals surface area contributed by atoms with Crippen LogP contribution in [0, 0.1) is 5.92 Å². The molecule has 0 bridgehead atoms. The molecular formula is C11H17N3O2S. The van der Waals surface area contributed by atoms with Crippen molar-refractivity contribution < 1.29 is 9.90 Å². The van der Waals surface area contributed by atoms with Crippen LogP contribution in [-0.4, -0.2) is 26.5 Å². The molecule has 0 saturated heterocycles. The minimum Gasteiger partial charge on any atom is -0.480 e. The summed E-state index contributed by atoms with van der Waals surface area (Å²) < 4.78 is 4.24. The van der Waals surface area contributed by atoms with Gasteiger partial charge in [0.15, 0.2) is 0 Å². The molecule has 94 valence electrons. The van der Waals surface area contributed by atoms with Gasteiger partial charge in [-0.1, -0.05) is 13.8 Å². The van der Waals surface area contributed by atoms with Crippen molar-refractivity contribution in [2.75, 3.05) is 5.32 Å². The van der Waals surface area contributed by atoms with Gasteiger partial charge >= 0.3 is 5.97 Å².